The van der Waals surface area contributed by atoms with Crippen LogP contribution in [0.25, 0.3) is 0 Å². The molecule has 2 aliphatic rings. The zero-order chi connectivity index (χ0) is 14.8. The number of likely N-dealkylation sites (N-methyl/N-ethyl adjacent to an activating group) is 1. The van der Waals surface area contributed by atoms with E-state index in [1.165, 1.54) is 45.3 Å². The maximum absolute atomic E-state index is 3.74. The van der Waals surface area contributed by atoms with Crippen molar-refractivity contribution in [2.45, 2.75) is 58.5 Å². The van der Waals surface area contributed by atoms with Gasteiger partial charge in [-0.15, -0.1) is 0 Å². The molecular weight excluding hydrogens is 246 g/mol. The van der Waals surface area contributed by atoms with Crippen molar-refractivity contribution in [3.8, 4) is 0 Å². The van der Waals surface area contributed by atoms with Gasteiger partial charge in [0.15, 0.2) is 0 Å². The van der Waals surface area contributed by atoms with E-state index < -0.39 is 0 Å². The van der Waals surface area contributed by atoms with Crippen molar-refractivity contribution in [1.82, 2.24) is 15.1 Å². The number of likely N-dealkylation sites (tertiary alicyclic amines) is 1. The predicted molar refractivity (Wildman–Crippen MR) is 87.1 cm³/mol. The zero-order valence-corrected chi connectivity index (χ0v) is 14.3. The van der Waals surface area contributed by atoms with Crippen molar-refractivity contribution < 1.29 is 0 Å². The fraction of sp³-hybridized carbons (Fsp3) is 1.00. The molecule has 0 aromatic carbocycles. The lowest BCUT2D eigenvalue weighted by molar-refractivity contribution is 0.106. The van der Waals surface area contributed by atoms with E-state index in [0.717, 1.165) is 24.5 Å². The Morgan fingerprint density at radius 2 is 2.00 bits per heavy atom. The third kappa shape index (κ3) is 4.19. The molecule has 1 saturated carbocycles. The topological polar surface area (TPSA) is 18.5 Å². The van der Waals surface area contributed by atoms with E-state index in [9.17, 15) is 0 Å². The summed E-state index contributed by atoms with van der Waals surface area (Å²) in [6, 6.07) is 1.51. The Balaban J connectivity index is 1.91. The van der Waals surface area contributed by atoms with E-state index in [4.69, 9.17) is 0 Å². The molecule has 1 heterocycles. The molecule has 1 aliphatic carbocycles. The smallest absolute Gasteiger partial charge is 0.0229 e. The van der Waals surface area contributed by atoms with E-state index in [1.807, 2.05) is 0 Å². The Morgan fingerprint density at radius 3 is 2.60 bits per heavy atom. The third-order valence-corrected chi connectivity index (χ3v) is 5.45. The summed E-state index contributed by atoms with van der Waals surface area (Å²) in [5, 5.41) is 3.74. The molecule has 2 fully saturated rings. The Kier molecular flexibility index (Phi) is 5.49. The van der Waals surface area contributed by atoms with Crippen LogP contribution in [0, 0.1) is 11.3 Å². The molecule has 0 aromatic heterocycles. The molecular formula is C17H35N3. The SMILES string of the molecule is CCNC1CCC(C)(C)CC1CN1CCC(N(C)C)C1. The molecule has 0 radical (unpaired) electrons. The van der Waals surface area contributed by atoms with Crippen LogP contribution >= 0.6 is 0 Å². The van der Waals surface area contributed by atoms with E-state index in [1.54, 1.807) is 0 Å². The van der Waals surface area contributed by atoms with E-state index >= 15 is 0 Å². The highest BCUT2D eigenvalue weighted by Crippen LogP contribution is 2.39. The summed E-state index contributed by atoms with van der Waals surface area (Å²) in [6.45, 7) is 12.1. The third-order valence-electron chi connectivity index (χ3n) is 5.45. The van der Waals surface area contributed by atoms with Gasteiger partial charge in [0.1, 0.15) is 0 Å². The van der Waals surface area contributed by atoms with Gasteiger partial charge < -0.3 is 15.1 Å². The molecule has 3 atom stereocenters. The van der Waals surface area contributed by atoms with Gasteiger partial charge in [-0.05, 0) is 64.2 Å². The van der Waals surface area contributed by atoms with Gasteiger partial charge in [-0.1, -0.05) is 20.8 Å². The highest BCUT2D eigenvalue weighted by atomic mass is 15.2. The first-order chi connectivity index (χ1) is 9.41. The van der Waals surface area contributed by atoms with Gasteiger partial charge in [-0.25, -0.2) is 0 Å². The minimum atomic E-state index is 0.539. The summed E-state index contributed by atoms with van der Waals surface area (Å²) in [5.41, 5.74) is 0.539. The van der Waals surface area contributed by atoms with Crippen molar-refractivity contribution in [3.63, 3.8) is 0 Å². The maximum atomic E-state index is 3.74. The van der Waals surface area contributed by atoms with Gasteiger partial charge in [0.2, 0.25) is 0 Å². The fourth-order valence-electron chi connectivity index (χ4n) is 4.19. The van der Waals surface area contributed by atoms with Gasteiger partial charge in [-0.2, -0.15) is 0 Å². The van der Waals surface area contributed by atoms with Gasteiger partial charge in [0, 0.05) is 25.2 Å². The Bertz CT molecular complexity index is 301. The summed E-state index contributed by atoms with van der Waals surface area (Å²) in [6.07, 6.45) is 5.46. The second kappa shape index (κ2) is 6.76. The van der Waals surface area contributed by atoms with Crippen LogP contribution in [0.3, 0.4) is 0 Å². The number of hydrogen-bond acceptors (Lipinski definition) is 3. The minimum absolute atomic E-state index is 0.539. The van der Waals surface area contributed by atoms with Crippen molar-refractivity contribution in [2.75, 3.05) is 40.3 Å². The van der Waals surface area contributed by atoms with Crippen molar-refractivity contribution >= 4 is 0 Å². The summed E-state index contributed by atoms with van der Waals surface area (Å²) < 4.78 is 0. The molecule has 3 nitrogen and oxygen atoms in total. The molecule has 118 valence electrons. The van der Waals surface area contributed by atoms with Crippen LogP contribution in [0.2, 0.25) is 0 Å². The van der Waals surface area contributed by atoms with E-state index in [-0.39, 0.29) is 0 Å². The average molecular weight is 281 g/mol. The second-order valence-corrected chi connectivity index (χ2v) is 8.00. The monoisotopic (exact) mass is 281 g/mol. The van der Waals surface area contributed by atoms with Gasteiger partial charge in [0.25, 0.3) is 0 Å². The maximum Gasteiger partial charge on any atom is 0.0229 e. The molecule has 20 heavy (non-hydrogen) atoms. The molecule has 2 rings (SSSR count). The van der Waals surface area contributed by atoms with Crippen LogP contribution in [0.5, 0.6) is 0 Å². The number of nitrogens with one attached hydrogen (secondary N) is 1. The molecule has 1 N–H and O–H groups in total. The molecule has 3 unspecified atom stereocenters. The quantitative estimate of drug-likeness (QED) is 0.835. The first kappa shape index (κ1) is 16.3. The lowest BCUT2D eigenvalue weighted by Gasteiger charge is -2.42. The van der Waals surface area contributed by atoms with Crippen LogP contribution in [0.4, 0.5) is 0 Å². The van der Waals surface area contributed by atoms with Crippen LogP contribution in [-0.4, -0.2) is 62.2 Å². The largest absolute Gasteiger partial charge is 0.314 e. The Labute approximate surface area is 126 Å². The second-order valence-electron chi connectivity index (χ2n) is 8.00. The van der Waals surface area contributed by atoms with Gasteiger partial charge in [0.05, 0.1) is 0 Å². The van der Waals surface area contributed by atoms with E-state index in [2.05, 4.69) is 50.0 Å². The van der Waals surface area contributed by atoms with Crippen LogP contribution < -0.4 is 5.32 Å². The Hall–Kier alpha value is -0.120. The normalized spacial score (nSPS) is 34.8. The summed E-state index contributed by atoms with van der Waals surface area (Å²) in [7, 11) is 4.44. The van der Waals surface area contributed by atoms with Crippen LogP contribution in [0.15, 0.2) is 0 Å². The first-order valence-electron chi connectivity index (χ1n) is 8.53. The summed E-state index contributed by atoms with van der Waals surface area (Å²) in [4.78, 5) is 5.10. The van der Waals surface area contributed by atoms with E-state index in [0.29, 0.717) is 5.41 Å². The zero-order valence-electron chi connectivity index (χ0n) is 14.3. The molecule has 0 aromatic rings. The molecule has 1 aliphatic heterocycles. The standard InChI is InChI=1S/C17H35N3/c1-6-18-16-7-9-17(2,3)11-14(16)12-20-10-8-15(13-20)19(4)5/h14-16,18H,6-13H2,1-5H3. The fourth-order valence-corrected chi connectivity index (χ4v) is 4.19. The summed E-state index contributed by atoms with van der Waals surface area (Å²) in [5.74, 6) is 0.833. The number of hydrogen-bond donors (Lipinski definition) is 1. The van der Waals surface area contributed by atoms with Gasteiger partial charge in [-0.3, -0.25) is 0 Å². The molecule has 0 spiro atoms. The predicted octanol–water partition coefficient (Wildman–Crippen LogP) is 2.43. The highest BCUT2D eigenvalue weighted by Gasteiger charge is 2.36. The molecule has 1 saturated heterocycles. The molecule has 3 heteroatoms. The van der Waals surface area contributed by atoms with Crippen LogP contribution in [0.1, 0.15) is 46.5 Å². The van der Waals surface area contributed by atoms with Crippen molar-refractivity contribution in [3.05, 3.63) is 0 Å². The van der Waals surface area contributed by atoms with Crippen LogP contribution in [-0.2, 0) is 0 Å². The average Bonchev–Trinajstić information content (AvgIpc) is 2.81. The molecule has 0 amide bonds. The first-order valence-corrected chi connectivity index (χ1v) is 8.53. The lowest BCUT2D eigenvalue weighted by atomic mass is 9.69. The minimum Gasteiger partial charge on any atom is -0.314 e. The van der Waals surface area contributed by atoms with Gasteiger partial charge >= 0.3 is 0 Å². The summed E-state index contributed by atoms with van der Waals surface area (Å²) >= 11 is 0. The number of nitrogens with zero attached hydrogens (tertiary/aromatic N) is 2. The van der Waals surface area contributed by atoms with Crippen molar-refractivity contribution in [2.24, 2.45) is 11.3 Å². The van der Waals surface area contributed by atoms with Crippen molar-refractivity contribution in [1.29, 1.82) is 0 Å². The lowest BCUT2D eigenvalue weighted by Crippen LogP contribution is -2.47. The Morgan fingerprint density at radius 1 is 1.25 bits per heavy atom. The molecule has 0 bridgehead atoms. The number of rotatable bonds is 5. The highest BCUT2D eigenvalue weighted by molar-refractivity contribution is 4.92.